The number of carbonyl (C=O) groups excluding carboxylic acids is 1. The molecule has 1 unspecified atom stereocenters. The molecule has 0 saturated carbocycles. The lowest BCUT2D eigenvalue weighted by Gasteiger charge is -2.09. The summed E-state index contributed by atoms with van der Waals surface area (Å²) in [6.07, 6.45) is 0.302. The molecule has 0 aliphatic carbocycles. The van der Waals surface area contributed by atoms with Crippen LogP contribution in [0.25, 0.3) is 5.69 Å². The number of ether oxygens (including phenoxy) is 1. The molecular weight excluding hydrogens is 256 g/mol. The molecule has 5 nitrogen and oxygen atoms in total. The van der Waals surface area contributed by atoms with Crippen molar-refractivity contribution in [3.05, 3.63) is 47.2 Å². The topological polar surface area (TPSA) is 64.3 Å². The van der Waals surface area contributed by atoms with Crippen LogP contribution in [0.4, 0.5) is 0 Å². The Hall–Kier alpha value is -1.85. The predicted octanol–water partition coefficient (Wildman–Crippen LogP) is 1.73. The number of hydrogen-bond donors (Lipinski definition) is 1. The van der Waals surface area contributed by atoms with Crippen LogP contribution in [0, 0.1) is 0 Å². The molecule has 0 spiro atoms. The third-order valence-corrected chi connectivity index (χ3v) is 2.76. The van der Waals surface area contributed by atoms with E-state index in [9.17, 15) is 9.90 Å². The molecule has 1 aromatic carbocycles. The molecule has 0 fully saturated rings. The molecule has 0 saturated heterocycles. The smallest absolute Gasteiger partial charge is 0.339 e. The molecule has 2 rings (SSSR count). The summed E-state index contributed by atoms with van der Waals surface area (Å²) in [4.78, 5) is 11.2. The van der Waals surface area contributed by atoms with Crippen LogP contribution in [0.1, 0.15) is 11.7 Å². The average Bonchev–Trinajstić information content (AvgIpc) is 2.83. The summed E-state index contributed by atoms with van der Waals surface area (Å²) in [5, 5.41) is 14.2. The highest BCUT2D eigenvalue weighted by Crippen LogP contribution is 2.19. The highest BCUT2D eigenvalue weighted by molar-refractivity contribution is 6.29. The number of methoxy groups -OCH3 is 1. The summed E-state index contributed by atoms with van der Waals surface area (Å²) < 4.78 is 6.00. The molecule has 0 aliphatic rings. The van der Waals surface area contributed by atoms with Crippen LogP contribution in [0.3, 0.4) is 0 Å². The fraction of sp³-hybridized carbons (Fsp3) is 0.167. The molecule has 0 amide bonds. The standard InChI is InChI=1S/C12H11ClN2O3/c1-18-12(17)11(16)8-2-4-9(5-3-8)15-10(13)6-7-14-15/h2-7,11,16H,1H3. The zero-order valence-electron chi connectivity index (χ0n) is 9.58. The maximum atomic E-state index is 11.2. The Labute approximate surface area is 109 Å². The van der Waals surface area contributed by atoms with Crippen LogP contribution in [0.2, 0.25) is 5.15 Å². The van der Waals surface area contributed by atoms with Crippen molar-refractivity contribution in [2.24, 2.45) is 0 Å². The third kappa shape index (κ3) is 2.37. The summed E-state index contributed by atoms with van der Waals surface area (Å²) in [6, 6.07) is 8.32. The second-order valence-electron chi connectivity index (χ2n) is 3.58. The van der Waals surface area contributed by atoms with Gasteiger partial charge in [0.2, 0.25) is 0 Å². The molecule has 0 radical (unpaired) electrons. The van der Waals surface area contributed by atoms with Crippen molar-refractivity contribution in [3.63, 3.8) is 0 Å². The second kappa shape index (κ2) is 5.20. The van der Waals surface area contributed by atoms with E-state index in [1.807, 2.05) is 0 Å². The summed E-state index contributed by atoms with van der Waals surface area (Å²) >= 11 is 5.93. The second-order valence-corrected chi connectivity index (χ2v) is 3.97. The predicted molar refractivity (Wildman–Crippen MR) is 65.5 cm³/mol. The number of hydrogen-bond acceptors (Lipinski definition) is 4. The number of halogens is 1. The Bertz CT molecular complexity index is 551. The molecule has 94 valence electrons. The van der Waals surface area contributed by atoms with Gasteiger partial charge in [-0.2, -0.15) is 5.10 Å². The number of nitrogens with zero attached hydrogens (tertiary/aromatic N) is 2. The van der Waals surface area contributed by atoms with Gasteiger partial charge in [-0.15, -0.1) is 0 Å². The van der Waals surface area contributed by atoms with E-state index in [0.29, 0.717) is 10.7 Å². The van der Waals surface area contributed by atoms with Gasteiger partial charge < -0.3 is 9.84 Å². The van der Waals surface area contributed by atoms with Gasteiger partial charge in [0.1, 0.15) is 5.15 Å². The van der Waals surface area contributed by atoms with Crippen LogP contribution < -0.4 is 0 Å². The van der Waals surface area contributed by atoms with E-state index in [4.69, 9.17) is 11.6 Å². The average molecular weight is 267 g/mol. The quantitative estimate of drug-likeness (QED) is 0.860. The van der Waals surface area contributed by atoms with Gasteiger partial charge in [-0.25, -0.2) is 9.48 Å². The molecule has 0 aliphatic heterocycles. The molecular formula is C12H11ClN2O3. The minimum absolute atomic E-state index is 0.453. The fourth-order valence-electron chi connectivity index (χ4n) is 1.52. The first-order chi connectivity index (χ1) is 8.63. The molecule has 0 bridgehead atoms. The summed E-state index contributed by atoms with van der Waals surface area (Å²) in [5.74, 6) is -0.695. The highest BCUT2D eigenvalue weighted by Gasteiger charge is 2.17. The number of benzene rings is 1. The van der Waals surface area contributed by atoms with E-state index < -0.39 is 12.1 Å². The van der Waals surface area contributed by atoms with Crippen LogP contribution in [-0.2, 0) is 9.53 Å². The Morgan fingerprint density at radius 2 is 2.06 bits per heavy atom. The van der Waals surface area contributed by atoms with Gasteiger partial charge in [0, 0.05) is 0 Å². The Morgan fingerprint density at radius 1 is 1.39 bits per heavy atom. The number of carbonyl (C=O) groups is 1. The highest BCUT2D eigenvalue weighted by atomic mass is 35.5. The van der Waals surface area contributed by atoms with Gasteiger partial charge in [-0.1, -0.05) is 23.7 Å². The van der Waals surface area contributed by atoms with Crippen molar-refractivity contribution in [2.75, 3.05) is 7.11 Å². The van der Waals surface area contributed by atoms with Gasteiger partial charge in [0.05, 0.1) is 19.0 Å². The molecule has 18 heavy (non-hydrogen) atoms. The lowest BCUT2D eigenvalue weighted by atomic mass is 10.1. The Morgan fingerprint density at radius 3 is 2.56 bits per heavy atom. The van der Waals surface area contributed by atoms with E-state index in [-0.39, 0.29) is 0 Å². The van der Waals surface area contributed by atoms with Gasteiger partial charge in [0.15, 0.2) is 6.10 Å². The first-order valence-corrected chi connectivity index (χ1v) is 5.57. The largest absolute Gasteiger partial charge is 0.467 e. The van der Waals surface area contributed by atoms with Crippen molar-refractivity contribution in [1.82, 2.24) is 9.78 Å². The molecule has 2 aromatic rings. The van der Waals surface area contributed by atoms with Crippen molar-refractivity contribution < 1.29 is 14.6 Å². The van der Waals surface area contributed by atoms with E-state index in [1.165, 1.54) is 11.8 Å². The molecule has 1 N–H and O–H groups in total. The lowest BCUT2D eigenvalue weighted by Crippen LogP contribution is -2.13. The van der Waals surface area contributed by atoms with Crippen molar-refractivity contribution in [3.8, 4) is 5.69 Å². The van der Waals surface area contributed by atoms with Crippen LogP contribution in [0.5, 0.6) is 0 Å². The normalized spacial score (nSPS) is 12.2. The number of esters is 1. The van der Waals surface area contributed by atoms with Gasteiger partial charge in [0.25, 0.3) is 0 Å². The van der Waals surface area contributed by atoms with E-state index in [0.717, 1.165) is 5.69 Å². The van der Waals surface area contributed by atoms with Crippen molar-refractivity contribution in [1.29, 1.82) is 0 Å². The van der Waals surface area contributed by atoms with Crippen molar-refractivity contribution in [2.45, 2.75) is 6.10 Å². The van der Waals surface area contributed by atoms with Gasteiger partial charge in [-0.05, 0) is 23.8 Å². The number of aliphatic hydroxyl groups is 1. The monoisotopic (exact) mass is 266 g/mol. The van der Waals surface area contributed by atoms with Crippen LogP contribution in [0.15, 0.2) is 36.5 Å². The molecule has 1 aromatic heterocycles. The Balaban J connectivity index is 2.26. The summed E-state index contributed by atoms with van der Waals surface area (Å²) in [5.41, 5.74) is 1.19. The third-order valence-electron chi connectivity index (χ3n) is 2.47. The Kier molecular flexibility index (Phi) is 3.64. The minimum atomic E-state index is -1.28. The number of aromatic nitrogens is 2. The maximum Gasteiger partial charge on any atom is 0.339 e. The van der Waals surface area contributed by atoms with Crippen molar-refractivity contribution >= 4 is 17.6 Å². The van der Waals surface area contributed by atoms with Gasteiger partial charge in [-0.3, -0.25) is 0 Å². The first-order valence-electron chi connectivity index (χ1n) is 5.19. The van der Waals surface area contributed by atoms with E-state index in [2.05, 4.69) is 9.84 Å². The summed E-state index contributed by atoms with van der Waals surface area (Å²) in [7, 11) is 1.23. The summed E-state index contributed by atoms with van der Waals surface area (Å²) in [6.45, 7) is 0. The van der Waals surface area contributed by atoms with Crippen LogP contribution >= 0.6 is 11.6 Å². The zero-order valence-corrected chi connectivity index (χ0v) is 10.3. The number of rotatable bonds is 3. The lowest BCUT2D eigenvalue weighted by molar-refractivity contribution is -0.150. The molecule has 1 atom stereocenters. The van der Waals surface area contributed by atoms with E-state index in [1.54, 1.807) is 36.5 Å². The molecule has 6 heteroatoms. The minimum Gasteiger partial charge on any atom is -0.467 e. The maximum absolute atomic E-state index is 11.2. The zero-order chi connectivity index (χ0) is 13.1. The number of aliphatic hydroxyl groups excluding tert-OH is 1. The SMILES string of the molecule is COC(=O)C(O)c1ccc(-n2nccc2Cl)cc1. The van der Waals surface area contributed by atoms with Gasteiger partial charge >= 0.3 is 5.97 Å². The molecule has 1 heterocycles. The van der Waals surface area contributed by atoms with E-state index >= 15 is 0 Å². The first kappa shape index (κ1) is 12.6. The van der Waals surface area contributed by atoms with Crippen LogP contribution in [-0.4, -0.2) is 28.0 Å². The fourth-order valence-corrected chi connectivity index (χ4v) is 1.72.